The molecular weight excluding hydrogens is 503 g/mol. The normalized spacial score (nSPS) is 10.8. The van der Waals surface area contributed by atoms with Gasteiger partial charge in [0.15, 0.2) is 23.0 Å². The SMILES string of the molecule is CCCOc1ccc(C(=O)N/N=C/c2ccc(OCc3ccc(Cl)cc3Cl)c(OC)c2)cc1OCC. The highest BCUT2D eigenvalue weighted by molar-refractivity contribution is 6.35. The van der Waals surface area contributed by atoms with E-state index in [0.717, 1.165) is 12.0 Å². The monoisotopic (exact) mass is 530 g/mol. The minimum atomic E-state index is -0.374. The lowest BCUT2D eigenvalue weighted by molar-refractivity contribution is 0.0954. The van der Waals surface area contributed by atoms with Crippen LogP contribution in [0.3, 0.4) is 0 Å². The van der Waals surface area contributed by atoms with Gasteiger partial charge in [0.2, 0.25) is 0 Å². The fraction of sp³-hybridized carbons (Fsp3) is 0.259. The topological polar surface area (TPSA) is 78.4 Å². The molecule has 0 heterocycles. The van der Waals surface area contributed by atoms with Crippen LogP contribution in [-0.4, -0.2) is 32.4 Å². The van der Waals surface area contributed by atoms with Crippen LogP contribution in [0.2, 0.25) is 10.0 Å². The third kappa shape index (κ3) is 7.54. The minimum Gasteiger partial charge on any atom is -0.493 e. The fourth-order valence-electron chi connectivity index (χ4n) is 3.16. The van der Waals surface area contributed by atoms with Gasteiger partial charge in [-0.1, -0.05) is 36.2 Å². The van der Waals surface area contributed by atoms with Crippen LogP contribution in [-0.2, 0) is 6.61 Å². The first-order valence-corrected chi connectivity index (χ1v) is 12.2. The van der Waals surface area contributed by atoms with Gasteiger partial charge in [-0.2, -0.15) is 5.10 Å². The van der Waals surface area contributed by atoms with E-state index in [1.165, 1.54) is 6.21 Å². The Morgan fingerprint density at radius 3 is 2.42 bits per heavy atom. The summed E-state index contributed by atoms with van der Waals surface area (Å²) in [6.45, 7) is 5.17. The van der Waals surface area contributed by atoms with Crippen molar-refractivity contribution in [1.29, 1.82) is 0 Å². The average Bonchev–Trinajstić information content (AvgIpc) is 2.88. The van der Waals surface area contributed by atoms with E-state index in [2.05, 4.69) is 10.5 Å². The number of nitrogens with zero attached hydrogens (tertiary/aromatic N) is 1. The van der Waals surface area contributed by atoms with Crippen LogP contribution < -0.4 is 24.4 Å². The third-order valence-corrected chi connectivity index (χ3v) is 5.52. The number of carbonyl (C=O) groups excluding carboxylic acids is 1. The summed E-state index contributed by atoms with van der Waals surface area (Å²) in [5, 5.41) is 5.15. The van der Waals surface area contributed by atoms with Gasteiger partial charge in [0.1, 0.15) is 6.61 Å². The largest absolute Gasteiger partial charge is 0.493 e. The number of hydrazone groups is 1. The van der Waals surface area contributed by atoms with Crippen molar-refractivity contribution >= 4 is 35.3 Å². The Bertz CT molecular complexity index is 1220. The van der Waals surface area contributed by atoms with Crippen molar-refractivity contribution in [2.45, 2.75) is 26.9 Å². The summed E-state index contributed by atoms with van der Waals surface area (Å²) in [6.07, 6.45) is 2.39. The van der Waals surface area contributed by atoms with E-state index >= 15 is 0 Å². The molecule has 0 saturated heterocycles. The number of halogens is 2. The molecule has 0 saturated carbocycles. The molecule has 0 radical (unpaired) electrons. The molecule has 0 bridgehead atoms. The molecule has 190 valence electrons. The van der Waals surface area contributed by atoms with Crippen LogP contribution in [0.4, 0.5) is 0 Å². The van der Waals surface area contributed by atoms with Gasteiger partial charge in [-0.15, -0.1) is 0 Å². The van der Waals surface area contributed by atoms with E-state index < -0.39 is 0 Å². The summed E-state index contributed by atoms with van der Waals surface area (Å²) >= 11 is 12.2. The van der Waals surface area contributed by atoms with Crippen LogP contribution in [0, 0.1) is 0 Å². The number of benzene rings is 3. The standard InChI is InChI=1S/C27H28Cl2N2O5/c1-4-12-35-24-11-8-19(14-26(24)34-5-2)27(32)31-30-16-18-6-10-23(25(13-18)33-3)36-17-20-7-9-21(28)15-22(20)29/h6-11,13-16H,4-5,12,17H2,1-3H3,(H,31,32)/b30-16+. The zero-order chi connectivity index (χ0) is 25.9. The zero-order valence-corrected chi connectivity index (χ0v) is 21.9. The molecular formula is C27H28Cl2N2O5. The molecule has 0 fully saturated rings. The van der Waals surface area contributed by atoms with Crippen molar-refractivity contribution in [2.24, 2.45) is 5.10 Å². The molecule has 36 heavy (non-hydrogen) atoms. The predicted molar refractivity (Wildman–Crippen MR) is 142 cm³/mol. The molecule has 1 N–H and O–H groups in total. The number of hydrogen-bond donors (Lipinski definition) is 1. The first-order chi connectivity index (χ1) is 17.4. The van der Waals surface area contributed by atoms with Crippen molar-refractivity contribution in [2.75, 3.05) is 20.3 Å². The van der Waals surface area contributed by atoms with E-state index in [9.17, 15) is 4.79 Å². The highest BCUT2D eigenvalue weighted by Crippen LogP contribution is 2.30. The van der Waals surface area contributed by atoms with Gasteiger partial charge in [0.05, 0.1) is 26.5 Å². The van der Waals surface area contributed by atoms with Gasteiger partial charge in [-0.25, -0.2) is 5.43 Å². The summed E-state index contributed by atoms with van der Waals surface area (Å²) in [5.74, 6) is 1.80. The number of hydrogen-bond acceptors (Lipinski definition) is 6. The average molecular weight is 531 g/mol. The second-order valence-corrected chi connectivity index (χ2v) is 8.42. The van der Waals surface area contributed by atoms with Crippen LogP contribution in [0.1, 0.15) is 41.8 Å². The smallest absolute Gasteiger partial charge is 0.271 e. The van der Waals surface area contributed by atoms with E-state index in [4.69, 9.17) is 42.1 Å². The van der Waals surface area contributed by atoms with Gasteiger partial charge < -0.3 is 18.9 Å². The number of rotatable bonds is 12. The van der Waals surface area contributed by atoms with E-state index in [1.807, 2.05) is 19.9 Å². The molecule has 9 heteroatoms. The molecule has 1 amide bonds. The van der Waals surface area contributed by atoms with E-state index in [-0.39, 0.29) is 12.5 Å². The zero-order valence-electron chi connectivity index (χ0n) is 20.3. The van der Waals surface area contributed by atoms with Crippen molar-refractivity contribution in [3.05, 3.63) is 81.3 Å². The lowest BCUT2D eigenvalue weighted by Crippen LogP contribution is -2.17. The van der Waals surface area contributed by atoms with Crippen molar-refractivity contribution in [3.8, 4) is 23.0 Å². The molecule has 0 atom stereocenters. The lowest BCUT2D eigenvalue weighted by atomic mass is 10.2. The van der Waals surface area contributed by atoms with Crippen molar-refractivity contribution < 1.29 is 23.7 Å². The van der Waals surface area contributed by atoms with Gasteiger partial charge in [0.25, 0.3) is 5.91 Å². The first-order valence-electron chi connectivity index (χ1n) is 11.4. The maximum atomic E-state index is 12.6. The second kappa shape index (κ2) is 13.6. The van der Waals surface area contributed by atoms with Gasteiger partial charge in [-0.3, -0.25) is 4.79 Å². The van der Waals surface area contributed by atoms with Gasteiger partial charge in [-0.05, 0) is 67.4 Å². The Labute approximate surface area is 220 Å². The first kappa shape index (κ1) is 27.2. The number of methoxy groups -OCH3 is 1. The number of amides is 1. The molecule has 0 aliphatic heterocycles. The highest BCUT2D eigenvalue weighted by atomic mass is 35.5. The molecule has 7 nitrogen and oxygen atoms in total. The summed E-state index contributed by atoms with van der Waals surface area (Å²) in [5.41, 5.74) is 4.44. The summed E-state index contributed by atoms with van der Waals surface area (Å²) in [6, 6.07) is 15.6. The molecule has 0 aliphatic carbocycles. The molecule has 3 aromatic rings. The van der Waals surface area contributed by atoms with Crippen molar-refractivity contribution in [1.82, 2.24) is 5.43 Å². The second-order valence-electron chi connectivity index (χ2n) is 7.58. The summed E-state index contributed by atoms with van der Waals surface area (Å²) in [7, 11) is 1.55. The Kier molecular flexibility index (Phi) is 10.3. The van der Waals surface area contributed by atoms with Gasteiger partial charge in [0, 0.05) is 21.2 Å². The quantitative estimate of drug-likeness (QED) is 0.212. The van der Waals surface area contributed by atoms with Crippen LogP contribution in [0.5, 0.6) is 23.0 Å². The number of nitrogens with one attached hydrogen (secondary N) is 1. The molecule has 0 unspecified atom stereocenters. The molecule has 3 rings (SSSR count). The van der Waals surface area contributed by atoms with E-state index in [1.54, 1.807) is 55.6 Å². The maximum absolute atomic E-state index is 12.6. The number of carbonyl (C=O) groups is 1. The predicted octanol–water partition coefficient (Wildman–Crippen LogP) is 6.53. The highest BCUT2D eigenvalue weighted by Gasteiger charge is 2.12. The van der Waals surface area contributed by atoms with Crippen molar-refractivity contribution in [3.63, 3.8) is 0 Å². The minimum absolute atomic E-state index is 0.252. The molecule has 0 aromatic heterocycles. The Balaban J connectivity index is 1.64. The third-order valence-electron chi connectivity index (χ3n) is 4.93. The Morgan fingerprint density at radius 2 is 1.69 bits per heavy atom. The Morgan fingerprint density at radius 1 is 0.917 bits per heavy atom. The number of ether oxygens (including phenoxy) is 4. The molecule has 3 aromatic carbocycles. The lowest BCUT2D eigenvalue weighted by Gasteiger charge is -2.12. The molecule has 0 spiro atoms. The fourth-order valence-corrected chi connectivity index (χ4v) is 3.62. The summed E-state index contributed by atoms with van der Waals surface area (Å²) < 4.78 is 22.6. The Hall–Kier alpha value is -3.42. The molecule has 0 aliphatic rings. The maximum Gasteiger partial charge on any atom is 0.271 e. The van der Waals surface area contributed by atoms with Crippen LogP contribution in [0.15, 0.2) is 59.7 Å². The van der Waals surface area contributed by atoms with E-state index in [0.29, 0.717) is 57.4 Å². The summed E-state index contributed by atoms with van der Waals surface area (Å²) in [4.78, 5) is 12.6. The van der Waals surface area contributed by atoms with Gasteiger partial charge >= 0.3 is 0 Å². The van der Waals surface area contributed by atoms with Crippen LogP contribution in [0.25, 0.3) is 0 Å². The van der Waals surface area contributed by atoms with Crippen LogP contribution >= 0.6 is 23.2 Å².